The van der Waals surface area contributed by atoms with Crippen molar-refractivity contribution in [2.75, 3.05) is 0 Å². The van der Waals surface area contributed by atoms with Crippen LogP contribution >= 0.6 is 12.6 Å². The van der Waals surface area contributed by atoms with Crippen LogP contribution in [0.5, 0.6) is 0 Å². The predicted octanol–water partition coefficient (Wildman–Crippen LogP) is 0.471. The average molecular weight is 144 g/mol. The van der Waals surface area contributed by atoms with Gasteiger partial charge in [-0.1, -0.05) is 6.08 Å². The van der Waals surface area contributed by atoms with Gasteiger partial charge in [0.1, 0.15) is 0 Å². The largest absolute Gasteiger partial charge is 0.258 e. The molecule has 2 heteroatoms. The van der Waals surface area contributed by atoms with Crippen LogP contribution in [0.1, 0.15) is 20.8 Å². The highest BCUT2D eigenvalue weighted by Crippen LogP contribution is 2.12. The second kappa shape index (κ2) is 3.06. The first kappa shape index (κ1) is 8.76. The average Bonchev–Trinajstić information content (AvgIpc) is 1.59. The molecule has 0 unspecified atom stereocenters. The first-order chi connectivity index (χ1) is 3.92. The Morgan fingerprint density at radius 1 is 1.56 bits per heavy atom. The van der Waals surface area contributed by atoms with Crippen LogP contribution in [-0.2, 0) is 0 Å². The Bertz CT molecular complexity index is 130. The van der Waals surface area contributed by atoms with Gasteiger partial charge in [0.25, 0.3) is 0 Å². The van der Waals surface area contributed by atoms with E-state index in [0.717, 1.165) is 5.71 Å². The Balaban J connectivity index is 3.86. The van der Waals surface area contributed by atoms with Gasteiger partial charge in [-0.15, -0.1) is 0 Å². The van der Waals surface area contributed by atoms with Crippen molar-refractivity contribution >= 4 is 18.3 Å². The number of hydrogen-bond acceptors (Lipinski definition) is 1. The van der Waals surface area contributed by atoms with Crippen molar-refractivity contribution < 1.29 is 5.41 Å². The molecule has 2 N–H and O–H groups in total. The van der Waals surface area contributed by atoms with Gasteiger partial charge in [0.2, 0.25) is 0 Å². The zero-order valence-corrected chi connectivity index (χ0v) is 7.07. The number of thiol groups is 1. The van der Waals surface area contributed by atoms with Gasteiger partial charge in [-0.05, 0) is 13.8 Å². The van der Waals surface area contributed by atoms with Crippen LogP contribution in [-0.4, -0.2) is 10.5 Å². The summed E-state index contributed by atoms with van der Waals surface area (Å²) in [5.41, 5.74) is 0.817. The van der Waals surface area contributed by atoms with Gasteiger partial charge in [-0.3, -0.25) is 5.41 Å². The highest BCUT2D eigenvalue weighted by molar-refractivity contribution is 7.82. The van der Waals surface area contributed by atoms with Crippen LogP contribution in [0.3, 0.4) is 0 Å². The third kappa shape index (κ3) is 7.76. The molecule has 0 radical (unpaired) electrons. The Morgan fingerprint density at radius 3 is 2.11 bits per heavy atom. The molecule has 0 atom stereocenters. The van der Waals surface area contributed by atoms with Crippen LogP contribution in [0.2, 0.25) is 0 Å². The van der Waals surface area contributed by atoms with Gasteiger partial charge in [-0.25, -0.2) is 0 Å². The van der Waals surface area contributed by atoms with E-state index < -0.39 is 0 Å². The van der Waals surface area contributed by atoms with Crippen LogP contribution < -0.4 is 5.41 Å². The molecule has 0 aromatic rings. The molecule has 9 heavy (non-hydrogen) atoms. The number of allylic oxidation sites excluding steroid dienone is 1. The summed E-state index contributed by atoms with van der Waals surface area (Å²) in [6.07, 6.45) is 3.83. The van der Waals surface area contributed by atoms with Crippen molar-refractivity contribution in [2.24, 2.45) is 0 Å². The van der Waals surface area contributed by atoms with Crippen LogP contribution in [0, 0.1) is 0 Å². The SMILES string of the molecule is CC(=[NH2+])/C=C\C(C)(C)S. The van der Waals surface area contributed by atoms with Gasteiger partial charge >= 0.3 is 0 Å². The van der Waals surface area contributed by atoms with Gasteiger partial charge < -0.3 is 0 Å². The second-order valence-corrected chi connectivity index (χ2v) is 3.88. The molecule has 0 aliphatic carbocycles. The molecule has 0 fully saturated rings. The summed E-state index contributed by atoms with van der Waals surface area (Å²) in [7, 11) is 0. The van der Waals surface area contributed by atoms with Crippen molar-refractivity contribution in [1.82, 2.24) is 0 Å². The fourth-order valence-electron chi connectivity index (χ4n) is 0.335. The Hall–Kier alpha value is -0.240. The minimum Gasteiger partial charge on any atom is -0.258 e. The lowest BCUT2D eigenvalue weighted by molar-refractivity contribution is -0.112. The van der Waals surface area contributed by atoms with Crippen molar-refractivity contribution in [3.8, 4) is 0 Å². The molecule has 0 bridgehead atoms. The maximum absolute atomic E-state index is 5.40. The summed E-state index contributed by atoms with van der Waals surface area (Å²) < 4.78 is -0.0549. The summed E-state index contributed by atoms with van der Waals surface area (Å²) in [6, 6.07) is 0. The summed E-state index contributed by atoms with van der Waals surface area (Å²) in [5, 5.41) is 5.40. The summed E-state index contributed by atoms with van der Waals surface area (Å²) in [5.74, 6) is 0. The van der Waals surface area contributed by atoms with E-state index in [1.807, 2.05) is 32.9 Å². The molecular formula is C7H14NS+. The first-order valence-electron chi connectivity index (χ1n) is 2.92. The van der Waals surface area contributed by atoms with E-state index in [2.05, 4.69) is 12.6 Å². The van der Waals surface area contributed by atoms with Crippen molar-refractivity contribution in [1.29, 1.82) is 0 Å². The fraction of sp³-hybridized carbons (Fsp3) is 0.571. The highest BCUT2D eigenvalue weighted by Gasteiger charge is 2.04. The fourth-order valence-corrected chi connectivity index (χ4v) is 0.410. The van der Waals surface area contributed by atoms with E-state index in [1.165, 1.54) is 0 Å². The van der Waals surface area contributed by atoms with E-state index in [4.69, 9.17) is 5.41 Å². The maximum atomic E-state index is 5.40. The summed E-state index contributed by atoms with van der Waals surface area (Å²) >= 11 is 4.27. The lowest BCUT2D eigenvalue weighted by Crippen LogP contribution is -2.36. The highest BCUT2D eigenvalue weighted by atomic mass is 32.1. The van der Waals surface area contributed by atoms with Crippen molar-refractivity contribution in [2.45, 2.75) is 25.5 Å². The molecule has 0 saturated carbocycles. The Morgan fingerprint density at radius 2 is 2.00 bits per heavy atom. The topological polar surface area (TPSA) is 25.6 Å². The molecule has 0 aromatic heterocycles. The normalized spacial score (nSPS) is 12.4. The van der Waals surface area contributed by atoms with E-state index >= 15 is 0 Å². The zero-order valence-electron chi connectivity index (χ0n) is 6.18. The molecule has 0 rings (SSSR count). The van der Waals surface area contributed by atoms with E-state index in [0.29, 0.717) is 0 Å². The van der Waals surface area contributed by atoms with Crippen LogP contribution in [0.25, 0.3) is 0 Å². The van der Waals surface area contributed by atoms with E-state index in [1.54, 1.807) is 0 Å². The lowest BCUT2D eigenvalue weighted by atomic mass is 10.2. The number of rotatable bonds is 2. The molecular weight excluding hydrogens is 130 g/mol. The molecule has 52 valence electrons. The van der Waals surface area contributed by atoms with Crippen molar-refractivity contribution in [3.63, 3.8) is 0 Å². The van der Waals surface area contributed by atoms with Gasteiger partial charge in [0.05, 0.1) is 0 Å². The minimum atomic E-state index is -0.0549. The van der Waals surface area contributed by atoms with Gasteiger partial charge in [0, 0.05) is 17.7 Å². The molecule has 0 amide bonds. The van der Waals surface area contributed by atoms with E-state index in [-0.39, 0.29) is 4.75 Å². The molecule has 0 saturated heterocycles. The van der Waals surface area contributed by atoms with Crippen molar-refractivity contribution in [3.05, 3.63) is 12.2 Å². The smallest absolute Gasteiger partial charge is 0.169 e. The Kier molecular flexibility index (Phi) is 2.98. The number of hydrogen-bond donors (Lipinski definition) is 2. The molecule has 1 nitrogen and oxygen atoms in total. The lowest BCUT2D eigenvalue weighted by Gasteiger charge is -2.08. The third-order valence-corrected chi connectivity index (χ3v) is 0.903. The number of nitrogens with two attached hydrogens (primary N) is 1. The Labute approximate surface area is 62.1 Å². The summed E-state index contributed by atoms with van der Waals surface area (Å²) in [4.78, 5) is 0. The first-order valence-corrected chi connectivity index (χ1v) is 3.37. The zero-order chi connectivity index (χ0) is 7.49. The molecule has 0 aromatic carbocycles. The van der Waals surface area contributed by atoms with Crippen LogP contribution in [0.15, 0.2) is 12.2 Å². The molecule has 0 heterocycles. The monoisotopic (exact) mass is 144 g/mol. The standard InChI is InChI=1S/C7H13NS/c1-6(8)4-5-7(2,3)9/h4-5,8-9H,1-3H3/p+1/b5-4-,8-6?. The third-order valence-electron chi connectivity index (χ3n) is 0.754. The predicted molar refractivity (Wildman–Crippen MR) is 44.8 cm³/mol. The van der Waals surface area contributed by atoms with Crippen LogP contribution in [0.4, 0.5) is 0 Å². The van der Waals surface area contributed by atoms with Gasteiger partial charge in [-0.2, -0.15) is 12.6 Å². The van der Waals surface area contributed by atoms with E-state index in [9.17, 15) is 0 Å². The second-order valence-electron chi connectivity index (χ2n) is 2.73. The molecule has 0 aliphatic heterocycles. The molecule has 0 aliphatic rings. The minimum absolute atomic E-state index is 0.0549. The summed E-state index contributed by atoms with van der Waals surface area (Å²) in [6.45, 7) is 5.88. The van der Waals surface area contributed by atoms with Gasteiger partial charge in [0.15, 0.2) is 5.71 Å². The maximum Gasteiger partial charge on any atom is 0.169 e. The molecule has 0 spiro atoms. The quantitative estimate of drug-likeness (QED) is 0.416.